The van der Waals surface area contributed by atoms with Gasteiger partial charge in [0.2, 0.25) is 0 Å². The number of benzene rings is 1. The molecule has 0 aliphatic carbocycles. The smallest absolute Gasteiger partial charge is 0.344 e. The van der Waals surface area contributed by atoms with Crippen LogP contribution in [0.2, 0.25) is 0 Å². The number of aliphatic carboxylic acids is 1. The van der Waals surface area contributed by atoms with Gasteiger partial charge in [0, 0.05) is 0 Å². The summed E-state index contributed by atoms with van der Waals surface area (Å²) in [5.74, 6) is 0.365. The highest BCUT2D eigenvalue weighted by Gasteiger charge is 2.16. The second kappa shape index (κ2) is 6.78. The maximum atomic E-state index is 10.8. The van der Waals surface area contributed by atoms with Gasteiger partial charge in [0.25, 0.3) is 0 Å². The van der Waals surface area contributed by atoms with Crippen molar-refractivity contribution < 1.29 is 19.4 Å². The molecule has 1 aromatic rings. The zero-order valence-electron chi connectivity index (χ0n) is 10.2. The van der Waals surface area contributed by atoms with Crippen molar-refractivity contribution in [2.75, 3.05) is 6.61 Å². The van der Waals surface area contributed by atoms with E-state index in [-0.39, 0.29) is 0 Å². The second-order valence-electron chi connectivity index (χ2n) is 3.67. The SMILES string of the molecule is CCCOc1ccc(OC(CC)C(=O)O)cc1. The van der Waals surface area contributed by atoms with Gasteiger partial charge in [-0.15, -0.1) is 0 Å². The Morgan fingerprint density at radius 1 is 1.24 bits per heavy atom. The van der Waals surface area contributed by atoms with E-state index >= 15 is 0 Å². The van der Waals surface area contributed by atoms with E-state index in [1.165, 1.54) is 0 Å². The largest absolute Gasteiger partial charge is 0.494 e. The number of carboxylic acids is 1. The molecule has 0 amide bonds. The van der Waals surface area contributed by atoms with E-state index in [1.54, 1.807) is 31.2 Å². The molecule has 0 radical (unpaired) electrons. The number of ether oxygens (including phenoxy) is 2. The summed E-state index contributed by atoms with van der Waals surface area (Å²) in [5.41, 5.74) is 0. The summed E-state index contributed by atoms with van der Waals surface area (Å²) in [6.07, 6.45) is 0.593. The molecule has 0 aromatic heterocycles. The van der Waals surface area contributed by atoms with E-state index < -0.39 is 12.1 Å². The Morgan fingerprint density at radius 3 is 2.29 bits per heavy atom. The van der Waals surface area contributed by atoms with Crippen LogP contribution in [0.5, 0.6) is 11.5 Å². The van der Waals surface area contributed by atoms with Gasteiger partial charge in [-0.2, -0.15) is 0 Å². The Kier molecular flexibility index (Phi) is 5.33. The van der Waals surface area contributed by atoms with Gasteiger partial charge in [0.05, 0.1) is 6.61 Å². The van der Waals surface area contributed by atoms with Gasteiger partial charge in [-0.1, -0.05) is 13.8 Å². The Balaban J connectivity index is 2.58. The topological polar surface area (TPSA) is 55.8 Å². The minimum absolute atomic E-state index is 0.434. The highest BCUT2D eigenvalue weighted by atomic mass is 16.5. The summed E-state index contributed by atoms with van der Waals surface area (Å²) in [7, 11) is 0. The van der Waals surface area contributed by atoms with Crippen molar-refractivity contribution >= 4 is 5.97 Å². The zero-order valence-corrected chi connectivity index (χ0v) is 10.2. The predicted octanol–water partition coefficient (Wildman–Crippen LogP) is 2.72. The van der Waals surface area contributed by atoms with Crippen molar-refractivity contribution in [3.05, 3.63) is 24.3 Å². The van der Waals surface area contributed by atoms with Crippen LogP contribution in [0.25, 0.3) is 0 Å². The summed E-state index contributed by atoms with van der Waals surface area (Å²) in [6.45, 7) is 4.49. The lowest BCUT2D eigenvalue weighted by molar-refractivity contribution is -0.145. The minimum Gasteiger partial charge on any atom is -0.494 e. The van der Waals surface area contributed by atoms with Crippen LogP contribution in [-0.4, -0.2) is 23.8 Å². The third kappa shape index (κ3) is 4.34. The maximum absolute atomic E-state index is 10.8. The van der Waals surface area contributed by atoms with Crippen LogP contribution in [0.15, 0.2) is 24.3 Å². The molecular formula is C13H18O4. The van der Waals surface area contributed by atoms with E-state index in [4.69, 9.17) is 14.6 Å². The first kappa shape index (κ1) is 13.4. The molecule has 0 heterocycles. The zero-order chi connectivity index (χ0) is 12.7. The third-order valence-corrected chi connectivity index (χ3v) is 2.22. The average Bonchev–Trinajstić information content (AvgIpc) is 2.34. The Hall–Kier alpha value is -1.71. The van der Waals surface area contributed by atoms with E-state index in [2.05, 4.69) is 0 Å². The van der Waals surface area contributed by atoms with Crippen molar-refractivity contribution in [2.24, 2.45) is 0 Å². The van der Waals surface area contributed by atoms with Crippen LogP contribution in [0, 0.1) is 0 Å². The van der Waals surface area contributed by atoms with Crippen LogP contribution >= 0.6 is 0 Å². The minimum atomic E-state index is -0.946. The van der Waals surface area contributed by atoms with Gasteiger partial charge in [0.1, 0.15) is 11.5 Å². The summed E-state index contributed by atoms with van der Waals surface area (Å²) >= 11 is 0. The monoisotopic (exact) mass is 238 g/mol. The lowest BCUT2D eigenvalue weighted by Gasteiger charge is -2.13. The van der Waals surface area contributed by atoms with Crippen molar-refractivity contribution in [3.63, 3.8) is 0 Å². The lowest BCUT2D eigenvalue weighted by atomic mass is 10.2. The van der Waals surface area contributed by atoms with Crippen LogP contribution < -0.4 is 9.47 Å². The molecule has 0 aliphatic rings. The molecule has 17 heavy (non-hydrogen) atoms. The third-order valence-electron chi connectivity index (χ3n) is 2.22. The molecule has 1 unspecified atom stereocenters. The van der Waals surface area contributed by atoms with Gasteiger partial charge < -0.3 is 14.6 Å². The molecule has 0 bridgehead atoms. The first-order valence-corrected chi connectivity index (χ1v) is 5.79. The summed E-state index contributed by atoms with van der Waals surface area (Å²) in [5, 5.41) is 8.86. The molecule has 1 N–H and O–H groups in total. The first-order valence-electron chi connectivity index (χ1n) is 5.79. The molecule has 0 saturated carbocycles. The van der Waals surface area contributed by atoms with Crippen molar-refractivity contribution in [2.45, 2.75) is 32.8 Å². The fourth-order valence-corrected chi connectivity index (χ4v) is 1.31. The molecule has 0 fully saturated rings. The highest BCUT2D eigenvalue weighted by Crippen LogP contribution is 2.19. The van der Waals surface area contributed by atoms with Gasteiger partial charge >= 0.3 is 5.97 Å². The highest BCUT2D eigenvalue weighted by molar-refractivity contribution is 5.72. The molecule has 4 heteroatoms. The molecule has 1 aromatic carbocycles. The van der Waals surface area contributed by atoms with Crippen molar-refractivity contribution in [1.29, 1.82) is 0 Å². The number of hydrogen-bond donors (Lipinski definition) is 1. The molecule has 1 rings (SSSR count). The molecule has 94 valence electrons. The van der Waals surface area contributed by atoms with Crippen LogP contribution in [0.3, 0.4) is 0 Å². The number of rotatable bonds is 7. The molecule has 0 aliphatic heterocycles. The second-order valence-corrected chi connectivity index (χ2v) is 3.67. The van der Waals surface area contributed by atoms with Crippen LogP contribution in [-0.2, 0) is 4.79 Å². The lowest BCUT2D eigenvalue weighted by Crippen LogP contribution is -2.25. The van der Waals surface area contributed by atoms with E-state index in [0.29, 0.717) is 18.8 Å². The van der Waals surface area contributed by atoms with Crippen LogP contribution in [0.1, 0.15) is 26.7 Å². The number of carboxylic acid groups (broad SMARTS) is 1. The molecule has 1 atom stereocenters. The normalized spacial score (nSPS) is 11.9. The van der Waals surface area contributed by atoms with Crippen LogP contribution in [0.4, 0.5) is 0 Å². The fraction of sp³-hybridized carbons (Fsp3) is 0.462. The van der Waals surface area contributed by atoms with Crippen molar-refractivity contribution in [3.8, 4) is 11.5 Å². The average molecular weight is 238 g/mol. The number of hydrogen-bond acceptors (Lipinski definition) is 3. The van der Waals surface area contributed by atoms with Gasteiger partial charge in [-0.05, 0) is 37.1 Å². The molecule has 0 saturated heterocycles. The Bertz CT molecular complexity index is 345. The van der Waals surface area contributed by atoms with Crippen molar-refractivity contribution in [1.82, 2.24) is 0 Å². The van der Waals surface area contributed by atoms with E-state index in [0.717, 1.165) is 12.2 Å². The molecule has 0 spiro atoms. The van der Waals surface area contributed by atoms with Gasteiger partial charge in [-0.3, -0.25) is 0 Å². The quantitative estimate of drug-likeness (QED) is 0.793. The fourth-order valence-electron chi connectivity index (χ4n) is 1.31. The predicted molar refractivity (Wildman–Crippen MR) is 64.6 cm³/mol. The van der Waals surface area contributed by atoms with E-state index in [1.807, 2.05) is 6.92 Å². The molecule has 4 nitrogen and oxygen atoms in total. The number of carbonyl (C=O) groups is 1. The Morgan fingerprint density at radius 2 is 1.82 bits per heavy atom. The molecular weight excluding hydrogens is 220 g/mol. The Labute approximate surface area is 101 Å². The summed E-state index contributed by atoms with van der Waals surface area (Å²) in [4.78, 5) is 10.8. The van der Waals surface area contributed by atoms with Gasteiger partial charge in [-0.25, -0.2) is 4.79 Å². The first-order chi connectivity index (χ1) is 8.17. The maximum Gasteiger partial charge on any atom is 0.344 e. The standard InChI is InChI=1S/C13H18O4/c1-3-9-16-10-5-7-11(8-6-10)17-12(4-2)13(14)15/h5-8,12H,3-4,9H2,1-2H3,(H,14,15). The van der Waals surface area contributed by atoms with E-state index in [9.17, 15) is 4.79 Å². The summed E-state index contributed by atoms with van der Waals surface area (Å²) in [6, 6.07) is 6.99. The summed E-state index contributed by atoms with van der Waals surface area (Å²) < 4.78 is 10.7. The van der Waals surface area contributed by atoms with Gasteiger partial charge in [0.15, 0.2) is 6.10 Å².